The van der Waals surface area contributed by atoms with Crippen LogP contribution in [0.5, 0.6) is 0 Å². The Morgan fingerprint density at radius 2 is 1.34 bits per heavy atom. The lowest BCUT2D eigenvalue weighted by Crippen LogP contribution is -2.41. The van der Waals surface area contributed by atoms with Gasteiger partial charge in [0.25, 0.3) is 11.8 Å². The number of rotatable bonds is 6. The standard InChI is InChI=1S/C17H20N4O6S2/c1-21(2)29(26,27)15-9-5-7-13(11-15)17(23)19-18-16(22)12-6-4-8-14(10-12)20-28(3,24)25/h4-11,20H,1-3H3,(H,18,22)(H,19,23). The highest BCUT2D eigenvalue weighted by Crippen LogP contribution is 2.15. The van der Waals surface area contributed by atoms with E-state index >= 15 is 0 Å². The molecule has 0 aliphatic carbocycles. The maximum Gasteiger partial charge on any atom is 0.269 e. The molecule has 0 radical (unpaired) electrons. The number of hydrogen-bond donors (Lipinski definition) is 3. The fraction of sp³-hybridized carbons (Fsp3) is 0.176. The van der Waals surface area contributed by atoms with Crippen LogP contribution in [0.4, 0.5) is 5.69 Å². The molecule has 0 aliphatic heterocycles. The Balaban J connectivity index is 2.10. The van der Waals surface area contributed by atoms with Crippen LogP contribution in [0.15, 0.2) is 53.4 Å². The lowest BCUT2D eigenvalue weighted by Gasteiger charge is -2.12. The Labute approximate surface area is 169 Å². The number of nitrogens with one attached hydrogen (secondary N) is 3. The number of amides is 2. The molecule has 0 heterocycles. The van der Waals surface area contributed by atoms with Crippen molar-refractivity contribution in [3.63, 3.8) is 0 Å². The number of nitrogens with zero attached hydrogens (tertiary/aromatic N) is 1. The van der Waals surface area contributed by atoms with Crippen LogP contribution in [-0.4, -0.2) is 53.3 Å². The van der Waals surface area contributed by atoms with Crippen molar-refractivity contribution < 1.29 is 26.4 Å². The largest absolute Gasteiger partial charge is 0.284 e. The number of hydrazine groups is 1. The van der Waals surface area contributed by atoms with Gasteiger partial charge in [0.1, 0.15) is 0 Å². The first-order valence-corrected chi connectivity index (χ1v) is 11.4. The van der Waals surface area contributed by atoms with Crippen molar-refractivity contribution in [2.45, 2.75) is 4.90 Å². The molecule has 0 fully saturated rings. The van der Waals surface area contributed by atoms with Gasteiger partial charge in [-0.2, -0.15) is 0 Å². The zero-order valence-electron chi connectivity index (χ0n) is 15.8. The van der Waals surface area contributed by atoms with Crippen LogP contribution in [0.2, 0.25) is 0 Å². The van der Waals surface area contributed by atoms with Crippen LogP contribution < -0.4 is 15.6 Å². The summed E-state index contributed by atoms with van der Waals surface area (Å²) in [4.78, 5) is 24.4. The molecule has 0 aliphatic rings. The zero-order valence-corrected chi connectivity index (χ0v) is 17.5. The first kappa shape index (κ1) is 22.3. The fourth-order valence-corrected chi connectivity index (χ4v) is 3.71. The SMILES string of the molecule is CN(C)S(=O)(=O)c1cccc(C(=O)NNC(=O)c2cccc(NS(C)(=O)=O)c2)c1. The van der Waals surface area contributed by atoms with E-state index in [0.717, 1.165) is 10.6 Å². The third-order valence-corrected chi connectivity index (χ3v) is 6.01. The van der Waals surface area contributed by atoms with E-state index in [1.807, 2.05) is 0 Å². The molecule has 2 rings (SSSR count). The molecule has 0 saturated heterocycles. The van der Waals surface area contributed by atoms with Crippen molar-refractivity contribution in [3.8, 4) is 0 Å². The molecule has 0 saturated carbocycles. The van der Waals surface area contributed by atoms with Gasteiger partial charge in [0.2, 0.25) is 20.0 Å². The van der Waals surface area contributed by atoms with Gasteiger partial charge in [0.15, 0.2) is 0 Å². The van der Waals surface area contributed by atoms with E-state index < -0.39 is 31.9 Å². The molecule has 0 bridgehead atoms. The highest BCUT2D eigenvalue weighted by molar-refractivity contribution is 7.92. The smallest absolute Gasteiger partial charge is 0.269 e. The fourth-order valence-electron chi connectivity index (χ4n) is 2.20. The molecule has 10 nitrogen and oxygen atoms in total. The molecule has 2 aromatic rings. The van der Waals surface area contributed by atoms with E-state index in [9.17, 15) is 26.4 Å². The topological polar surface area (TPSA) is 142 Å². The number of benzene rings is 2. The van der Waals surface area contributed by atoms with Gasteiger partial charge in [-0.05, 0) is 36.4 Å². The van der Waals surface area contributed by atoms with Gasteiger partial charge >= 0.3 is 0 Å². The second-order valence-corrected chi connectivity index (χ2v) is 10.1. The Kier molecular flexibility index (Phi) is 6.62. The second-order valence-electron chi connectivity index (χ2n) is 6.18. The van der Waals surface area contributed by atoms with Crippen LogP contribution in [0, 0.1) is 0 Å². The third kappa shape index (κ3) is 6.01. The van der Waals surface area contributed by atoms with Crippen molar-refractivity contribution in [2.75, 3.05) is 25.1 Å². The minimum absolute atomic E-state index is 0.0284. The van der Waals surface area contributed by atoms with Crippen LogP contribution in [0.3, 0.4) is 0 Å². The average molecular weight is 441 g/mol. The quantitative estimate of drug-likeness (QED) is 0.555. The van der Waals surface area contributed by atoms with Crippen LogP contribution >= 0.6 is 0 Å². The molecule has 156 valence electrons. The maximum atomic E-state index is 12.3. The molecular weight excluding hydrogens is 420 g/mol. The Morgan fingerprint density at radius 1 is 0.828 bits per heavy atom. The van der Waals surface area contributed by atoms with Gasteiger partial charge in [0, 0.05) is 30.9 Å². The summed E-state index contributed by atoms with van der Waals surface area (Å²) >= 11 is 0. The van der Waals surface area contributed by atoms with E-state index in [1.54, 1.807) is 0 Å². The molecule has 0 atom stereocenters. The van der Waals surface area contributed by atoms with E-state index in [0.29, 0.717) is 0 Å². The van der Waals surface area contributed by atoms with Crippen molar-refractivity contribution in [2.24, 2.45) is 0 Å². The molecule has 29 heavy (non-hydrogen) atoms. The predicted octanol–water partition coefficient (Wildman–Crippen LogP) is 0.383. The highest BCUT2D eigenvalue weighted by Gasteiger charge is 2.19. The number of anilines is 1. The molecule has 2 amide bonds. The Hall–Kier alpha value is -2.96. The second kappa shape index (κ2) is 8.59. The lowest BCUT2D eigenvalue weighted by molar-refractivity contribution is 0.0846. The molecular formula is C17H20N4O6S2. The van der Waals surface area contributed by atoms with Crippen LogP contribution in [-0.2, 0) is 20.0 Å². The summed E-state index contributed by atoms with van der Waals surface area (Å²) in [5.41, 5.74) is 4.70. The monoisotopic (exact) mass is 440 g/mol. The van der Waals surface area contributed by atoms with Crippen LogP contribution in [0.25, 0.3) is 0 Å². The summed E-state index contributed by atoms with van der Waals surface area (Å²) in [6.45, 7) is 0. The molecule has 12 heteroatoms. The predicted molar refractivity (Wildman–Crippen MR) is 107 cm³/mol. The Bertz CT molecular complexity index is 1140. The molecule has 2 aromatic carbocycles. The van der Waals surface area contributed by atoms with E-state index in [4.69, 9.17) is 0 Å². The average Bonchev–Trinajstić information content (AvgIpc) is 2.64. The van der Waals surface area contributed by atoms with Gasteiger partial charge in [-0.15, -0.1) is 0 Å². The van der Waals surface area contributed by atoms with E-state index in [-0.39, 0.29) is 21.7 Å². The summed E-state index contributed by atoms with van der Waals surface area (Å²) in [7, 11) is -4.48. The summed E-state index contributed by atoms with van der Waals surface area (Å²) in [5.74, 6) is -1.41. The first-order valence-electron chi connectivity index (χ1n) is 8.11. The summed E-state index contributed by atoms with van der Waals surface area (Å²) in [6.07, 6.45) is 0.977. The summed E-state index contributed by atoms with van der Waals surface area (Å²) < 4.78 is 50.1. The van der Waals surface area contributed by atoms with Gasteiger partial charge in [-0.3, -0.25) is 25.2 Å². The molecule has 0 unspecified atom stereocenters. The highest BCUT2D eigenvalue weighted by atomic mass is 32.2. The minimum Gasteiger partial charge on any atom is -0.284 e. The summed E-state index contributed by atoms with van der Waals surface area (Å²) in [6, 6.07) is 11.0. The van der Waals surface area contributed by atoms with Crippen molar-refractivity contribution >= 4 is 37.5 Å². The van der Waals surface area contributed by atoms with Gasteiger partial charge in [0.05, 0.1) is 11.2 Å². The lowest BCUT2D eigenvalue weighted by atomic mass is 10.2. The van der Waals surface area contributed by atoms with Crippen molar-refractivity contribution in [3.05, 3.63) is 59.7 Å². The third-order valence-electron chi connectivity index (χ3n) is 3.59. The number of hydrogen-bond acceptors (Lipinski definition) is 6. The molecule has 0 spiro atoms. The normalized spacial score (nSPS) is 11.7. The molecule has 0 aromatic heterocycles. The maximum absolute atomic E-state index is 12.3. The van der Waals surface area contributed by atoms with Gasteiger partial charge in [-0.1, -0.05) is 12.1 Å². The zero-order chi connectivity index (χ0) is 21.8. The number of sulfonamides is 2. The van der Waals surface area contributed by atoms with E-state index in [1.165, 1.54) is 62.6 Å². The number of carbonyl (C=O) groups is 2. The van der Waals surface area contributed by atoms with Crippen molar-refractivity contribution in [1.82, 2.24) is 15.2 Å². The van der Waals surface area contributed by atoms with Gasteiger partial charge in [-0.25, -0.2) is 21.1 Å². The van der Waals surface area contributed by atoms with E-state index in [2.05, 4.69) is 15.6 Å². The van der Waals surface area contributed by atoms with Gasteiger partial charge < -0.3 is 0 Å². The van der Waals surface area contributed by atoms with Crippen molar-refractivity contribution in [1.29, 1.82) is 0 Å². The molecule has 3 N–H and O–H groups in total. The number of carbonyl (C=O) groups excluding carboxylic acids is 2. The van der Waals surface area contributed by atoms with Crippen LogP contribution in [0.1, 0.15) is 20.7 Å². The minimum atomic E-state index is -3.72. The first-order chi connectivity index (χ1) is 13.4. The summed E-state index contributed by atoms with van der Waals surface area (Å²) in [5, 5.41) is 0. The Morgan fingerprint density at radius 3 is 1.86 bits per heavy atom.